The van der Waals surface area contributed by atoms with E-state index < -0.39 is 64.4 Å². The Morgan fingerprint density at radius 1 is 0.967 bits per heavy atom. The summed E-state index contributed by atoms with van der Waals surface area (Å²) < 4.78 is 92.2. The molecule has 1 N–H and O–H groups in total. The summed E-state index contributed by atoms with van der Waals surface area (Å²) in [6.07, 6.45) is -10.9. The Bertz CT molecular complexity index is 955. The molecule has 0 aliphatic carbocycles. The number of alkyl halides is 6. The van der Waals surface area contributed by atoms with Crippen LogP contribution in [0, 0.1) is 0 Å². The SMILES string of the molecule is CCOC(=O)NC(=O)c1c(OCC(F)(F)F)ccc2c(C(F)(F)F)c(OC)ccc12. The van der Waals surface area contributed by atoms with E-state index in [2.05, 4.69) is 9.47 Å². The molecule has 0 bridgehead atoms. The standard InChI is InChI=1S/C18H15F6NO5/c1-3-29-16(27)25-15(26)13-9-4-7-12(28-2)14(18(22,23)24)10(9)5-6-11(13)30-8-17(19,20)21/h4-7H,3,8H2,1-2H3,(H,25,26,27). The van der Waals surface area contributed by atoms with Gasteiger partial charge in [0.2, 0.25) is 0 Å². The van der Waals surface area contributed by atoms with Crippen LogP contribution in [-0.4, -0.2) is 38.5 Å². The number of hydrogen-bond acceptors (Lipinski definition) is 5. The summed E-state index contributed by atoms with van der Waals surface area (Å²) in [6.45, 7) is -0.496. The molecule has 2 aromatic carbocycles. The van der Waals surface area contributed by atoms with Crippen molar-refractivity contribution in [2.24, 2.45) is 0 Å². The fourth-order valence-electron chi connectivity index (χ4n) is 2.66. The number of halogens is 6. The molecule has 164 valence electrons. The lowest BCUT2D eigenvalue weighted by molar-refractivity contribution is -0.153. The molecule has 0 radical (unpaired) electrons. The Kier molecular flexibility index (Phi) is 6.68. The van der Waals surface area contributed by atoms with Gasteiger partial charge >= 0.3 is 18.4 Å². The molecule has 0 spiro atoms. The molecular formula is C18H15F6NO5. The number of amides is 2. The van der Waals surface area contributed by atoms with Crippen molar-refractivity contribution in [1.29, 1.82) is 0 Å². The van der Waals surface area contributed by atoms with Gasteiger partial charge in [-0.3, -0.25) is 10.1 Å². The van der Waals surface area contributed by atoms with Gasteiger partial charge in [-0.2, -0.15) is 26.3 Å². The number of carbonyl (C=O) groups is 2. The number of alkyl carbamates (subject to hydrolysis) is 1. The summed E-state index contributed by atoms with van der Waals surface area (Å²) in [6, 6.07) is 3.58. The van der Waals surface area contributed by atoms with Crippen molar-refractivity contribution in [2.45, 2.75) is 19.3 Å². The van der Waals surface area contributed by atoms with Crippen LogP contribution in [0.15, 0.2) is 24.3 Å². The van der Waals surface area contributed by atoms with Crippen molar-refractivity contribution in [2.75, 3.05) is 20.3 Å². The van der Waals surface area contributed by atoms with E-state index in [1.807, 2.05) is 0 Å². The van der Waals surface area contributed by atoms with Crippen LogP contribution >= 0.6 is 0 Å². The molecule has 6 nitrogen and oxygen atoms in total. The molecular weight excluding hydrogens is 424 g/mol. The Hall–Kier alpha value is -3.18. The zero-order valence-electron chi connectivity index (χ0n) is 15.5. The summed E-state index contributed by atoms with van der Waals surface area (Å²) in [5.41, 5.74) is -1.94. The van der Waals surface area contributed by atoms with E-state index in [0.29, 0.717) is 0 Å². The van der Waals surface area contributed by atoms with Gasteiger partial charge in [-0.05, 0) is 42.0 Å². The second kappa shape index (κ2) is 8.67. The van der Waals surface area contributed by atoms with Crippen LogP contribution in [-0.2, 0) is 10.9 Å². The first-order valence-electron chi connectivity index (χ1n) is 8.27. The van der Waals surface area contributed by atoms with Crippen molar-refractivity contribution < 1.29 is 50.1 Å². The molecule has 0 aliphatic heterocycles. The predicted octanol–water partition coefficient (Wildman–Crippen LogP) is 4.69. The number of rotatable bonds is 5. The van der Waals surface area contributed by atoms with Crippen molar-refractivity contribution in [3.05, 3.63) is 35.4 Å². The van der Waals surface area contributed by atoms with Crippen molar-refractivity contribution >= 4 is 22.8 Å². The first-order chi connectivity index (χ1) is 13.9. The van der Waals surface area contributed by atoms with E-state index >= 15 is 0 Å². The minimum absolute atomic E-state index is 0.124. The second-order valence-corrected chi connectivity index (χ2v) is 5.75. The van der Waals surface area contributed by atoms with Crippen LogP contribution in [0.3, 0.4) is 0 Å². The van der Waals surface area contributed by atoms with Gasteiger partial charge in [-0.15, -0.1) is 0 Å². The number of nitrogens with one attached hydrogen (secondary N) is 1. The van der Waals surface area contributed by atoms with Crippen LogP contribution in [0.1, 0.15) is 22.8 Å². The van der Waals surface area contributed by atoms with Gasteiger partial charge in [-0.25, -0.2) is 4.79 Å². The molecule has 2 aromatic rings. The molecule has 0 aromatic heterocycles. The maximum Gasteiger partial charge on any atom is 0.422 e. The summed E-state index contributed by atoms with van der Waals surface area (Å²) in [5.74, 6) is -2.52. The van der Waals surface area contributed by atoms with Gasteiger partial charge in [0.25, 0.3) is 5.91 Å². The van der Waals surface area contributed by atoms with E-state index in [0.717, 1.165) is 31.4 Å². The zero-order chi connectivity index (χ0) is 22.7. The average molecular weight is 439 g/mol. The third-order valence-electron chi connectivity index (χ3n) is 3.74. The molecule has 0 fully saturated rings. The number of methoxy groups -OCH3 is 1. The summed E-state index contributed by atoms with van der Waals surface area (Å²) in [5, 5.41) is 0.809. The van der Waals surface area contributed by atoms with Gasteiger partial charge < -0.3 is 14.2 Å². The Morgan fingerprint density at radius 2 is 1.57 bits per heavy atom. The lowest BCUT2D eigenvalue weighted by Gasteiger charge is -2.19. The Morgan fingerprint density at radius 3 is 2.10 bits per heavy atom. The van der Waals surface area contributed by atoms with E-state index in [1.165, 1.54) is 6.92 Å². The van der Waals surface area contributed by atoms with Crippen LogP contribution in [0.2, 0.25) is 0 Å². The smallest absolute Gasteiger partial charge is 0.422 e. The van der Waals surface area contributed by atoms with E-state index in [-0.39, 0.29) is 6.61 Å². The summed E-state index contributed by atoms with van der Waals surface area (Å²) >= 11 is 0. The first-order valence-corrected chi connectivity index (χ1v) is 8.27. The zero-order valence-corrected chi connectivity index (χ0v) is 15.5. The van der Waals surface area contributed by atoms with Crippen LogP contribution in [0.25, 0.3) is 10.8 Å². The molecule has 0 saturated carbocycles. The number of ether oxygens (including phenoxy) is 3. The monoisotopic (exact) mass is 439 g/mol. The largest absolute Gasteiger partial charge is 0.496 e. The highest BCUT2D eigenvalue weighted by atomic mass is 19.4. The molecule has 0 atom stereocenters. The quantitative estimate of drug-likeness (QED) is 0.684. The predicted molar refractivity (Wildman–Crippen MR) is 91.5 cm³/mol. The molecule has 30 heavy (non-hydrogen) atoms. The number of hydrogen-bond donors (Lipinski definition) is 1. The highest BCUT2D eigenvalue weighted by molar-refractivity contribution is 6.14. The van der Waals surface area contributed by atoms with Gasteiger partial charge in [0.15, 0.2) is 6.61 Å². The van der Waals surface area contributed by atoms with Crippen molar-refractivity contribution in [1.82, 2.24) is 5.32 Å². The maximum atomic E-state index is 13.6. The third kappa shape index (κ3) is 5.24. The van der Waals surface area contributed by atoms with E-state index in [4.69, 9.17) is 4.74 Å². The molecule has 2 rings (SSSR count). The van der Waals surface area contributed by atoms with Gasteiger partial charge in [-0.1, -0.05) is 0 Å². The van der Waals surface area contributed by atoms with Crippen molar-refractivity contribution in [3.8, 4) is 11.5 Å². The highest BCUT2D eigenvalue weighted by Gasteiger charge is 2.38. The van der Waals surface area contributed by atoms with Gasteiger partial charge in [0.1, 0.15) is 17.1 Å². The lowest BCUT2D eigenvalue weighted by Crippen LogP contribution is -2.32. The normalized spacial score (nSPS) is 11.9. The lowest BCUT2D eigenvalue weighted by atomic mass is 9.97. The molecule has 0 aliphatic rings. The number of carbonyl (C=O) groups excluding carboxylic acids is 2. The minimum atomic E-state index is -4.91. The molecule has 0 heterocycles. The fraction of sp³-hybridized carbons (Fsp3) is 0.333. The molecule has 0 unspecified atom stereocenters. The third-order valence-corrected chi connectivity index (χ3v) is 3.74. The molecule has 2 amide bonds. The molecule has 0 saturated heterocycles. The number of imide groups is 1. The number of benzene rings is 2. The van der Waals surface area contributed by atoms with E-state index in [1.54, 1.807) is 5.32 Å². The summed E-state index contributed by atoms with van der Waals surface area (Å²) in [7, 11) is 1.01. The average Bonchev–Trinajstić information content (AvgIpc) is 2.63. The maximum absolute atomic E-state index is 13.6. The van der Waals surface area contributed by atoms with Crippen LogP contribution in [0.5, 0.6) is 11.5 Å². The number of fused-ring (bicyclic) bond motifs is 1. The highest BCUT2D eigenvalue weighted by Crippen LogP contribution is 2.43. The summed E-state index contributed by atoms with van der Waals surface area (Å²) in [4.78, 5) is 24.1. The Labute approximate surface area is 165 Å². The van der Waals surface area contributed by atoms with Crippen LogP contribution in [0.4, 0.5) is 31.1 Å². The van der Waals surface area contributed by atoms with Gasteiger partial charge in [0, 0.05) is 0 Å². The minimum Gasteiger partial charge on any atom is -0.496 e. The second-order valence-electron chi connectivity index (χ2n) is 5.75. The topological polar surface area (TPSA) is 73.9 Å². The van der Waals surface area contributed by atoms with Crippen molar-refractivity contribution in [3.63, 3.8) is 0 Å². The fourth-order valence-corrected chi connectivity index (χ4v) is 2.66. The Balaban J connectivity index is 2.72. The van der Waals surface area contributed by atoms with E-state index in [9.17, 15) is 35.9 Å². The van der Waals surface area contributed by atoms with Gasteiger partial charge in [0.05, 0.1) is 19.3 Å². The molecule has 12 heteroatoms. The van der Waals surface area contributed by atoms with Crippen LogP contribution < -0.4 is 14.8 Å². The first kappa shape index (κ1) is 23.1.